The Morgan fingerprint density at radius 3 is 2.65 bits per heavy atom. The van der Waals surface area contributed by atoms with Crippen LogP contribution < -0.4 is 5.73 Å². The van der Waals surface area contributed by atoms with Crippen molar-refractivity contribution in [1.82, 2.24) is 4.90 Å². The molecule has 0 aromatic rings. The van der Waals surface area contributed by atoms with Gasteiger partial charge in [0, 0.05) is 24.2 Å². The zero-order chi connectivity index (χ0) is 15.1. The lowest BCUT2D eigenvalue weighted by Crippen LogP contribution is -2.76. The van der Waals surface area contributed by atoms with Crippen molar-refractivity contribution < 1.29 is 19.4 Å². The predicted molar refractivity (Wildman–Crippen MR) is 76.3 cm³/mol. The van der Waals surface area contributed by atoms with Gasteiger partial charge in [-0.3, -0.25) is 4.79 Å². The van der Waals surface area contributed by atoms with Gasteiger partial charge >= 0.3 is 5.97 Å². The number of nitrogens with zero attached hydrogens (tertiary/aromatic N) is 1. The third kappa shape index (κ3) is 2.12. The lowest BCUT2D eigenvalue weighted by Gasteiger charge is -2.58. The summed E-state index contributed by atoms with van der Waals surface area (Å²) < 4.78 is 5.60. The van der Waals surface area contributed by atoms with Crippen molar-refractivity contribution >= 4 is 23.6 Å². The first-order chi connectivity index (χ1) is 9.25. The SMILES string of the molecule is CCOC1CC(N)(C(=O)N2CSC[C@H]2C(=O)O)C1(C)C. The Hall–Kier alpha value is -0.790. The molecule has 2 unspecified atom stereocenters. The molecule has 3 N–H and O–H groups in total. The molecule has 114 valence electrons. The summed E-state index contributed by atoms with van der Waals surface area (Å²) in [5.74, 6) is -0.419. The number of carboxylic acid groups (broad SMARTS) is 1. The molecule has 0 spiro atoms. The number of carbonyl (C=O) groups is 2. The fraction of sp³-hybridized carbons (Fsp3) is 0.846. The largest absolute Gasteiger partial charge is 0.480 e. The Kier molecular flexibility index (Phi) is 4.05. The zero-order valence-corrected chi connectivity index (χ0v) is 12.9. The molecule has 7 heteroatoms. The number of thioether (sulfide) groups is 1. The van der Waals surface area contributed by atoms with Crippen LogP contribution in [0.5, 0.6) is 0 Å². The zero-order valence-electron chi connectivity index (χ0n) is 12.1. The quantitative estimate of drug-likeness (QED) is 0.786. The molecule has 1 aliphatic carbocycles. The summed E-state index contributed by atoms with van der Waals surface area (Å²) in [7, 11) is 0. The van der Waals surface area contributed by atoms with Crippen LogP contribution in [0.25, 0.3) is 0 Å². The lowest BCUT2D eigenvalue weighted by molar-refractivity contribution is -0.181. The summed E-state index contributed by atoms with van der Waals surface area (Å²) in [4.78, 5) is 25.3. The van der Waals surface area contributed by atoms with Crippen molar-refractivity contribution in [1.29, 1.82) is 0 Å². The molecule has 2 aliphatic rings. The van der Waals surface area contributed by atoms with E-state index in [-0.39, 0.29) is 12.0 Å². The van der Waals surface area contributed by atoms with E-state index in [1.165, 1.54) is 16.7 Å². The Balaban J connectivity index is 2.15. The van der Waals surface area contributed by atoms with E-state index in [4.69, 9.17) is 10.5 Å². The van der Waals surface area contributed by atoms with Crippen molar-refractivity contribution in [3.05, 3.63) is 0 Å². The van der Waals surface area contributed by atoms with Gasteiger partial charge in [0.15, 0.2) is 0 Å². The molecular weight excluding hydrogens is 280 g/mol. The number of hydrogen-bond donors (Lipinski definition) is 2. The molecule has 3 atom stereocenters. The van der Waals surface area contributed by atoms with Crippen molar-refractivity contribution in [2.45, 2.75) is 44.9 Å². The summed E-state index contributed by atoms with van der Waals surface area (Å²) in [6.45, 7) is 6.31. The molecule has 6 nitrogen and oxygen atoms in total. The van der Waals surface area contributed by atoms with Gasteiger partial charge in [-0.2, -0.15) is 0 Å². The number of carbonyl (C=O) groups excluding carboxylic acids is 1. The molecule has 20 heavy (non-hydrogen) atoms. The van der Waals surface area contributed by atoms with Crippen LogP contribution >= 0.6 is 11.8 Å². The van der Waals surface area contributed by atoms with Crippen molar-refractivity contribution in [3.63, 3.8) is 0 Å². The normalized spacial score (nSPS) is 35.7. The van der Waals surface area contributed by atoms with Gasteiger partial charge in [0.25, 0.3) is 0 Å². The van der Waals surface area contributed by atoms with E-state index < -0.39 is 23.0 Å². The van der Waals surface area contributed by atoms with Gasteiger partial charge in [-0.1, -0.05) is 13.8 Å². The first-order valence-electron chi connectivity index (χ1n) is 6.77. The minimum atomic E-state index is -1.04. The average Bonchev–Trinajstić information content (AvgIpc) is 2.86. The molecule has 1 heterocycles. The second kappa shape index (κ2) is 5.20. The maximum atomic E-state index is 12.7. The van der Waals surface area contributed by atoms with Gasteiger partial charge in [0.05, 0.1) is 12.0 Å². The number of hydrogen-bond acceptors (Lipinski definition) is 5. The number of ether oxygens (including phenoxy) is 1. The summed E-state index contributed by atoms with van der Waals surface area (Å²) in [6.07, 6.45) is 0.389. The van der Waals surface area contributed by atoms with Crippen LogP contribution in [0.2, 0.25) is 0 Å². The van der Waals surface area contributed by atoms with Crippen LogP contribution in [-0.2, 0) is 14.3 Å². The highest BCUT2D eigenvalue weighted by Gasteiger charge is 2.64. The van der Waals surface area contributed by atoms with Crippen LogP contribution in [0.1, 0.15) is 27.2 Å². The average molecular weight is 302 g/mol. The van der Waals surface area contributed by atoms with Gasteiger partial charge < -0.3 is 20.5 Å². The Morgan fingerprint density at radius 2 is 2.15 bits per heavy atom. The van der Waals surface area contributed by atoms with E-state index in [0.29, 0.717) is 24.7 Å². The summed E-state index contributed by atoms with van der Waals surface area (Å²) in [5.41, 5.74) is 4.79. The van der Waals surface area contributed by atoms with Crippen LogP contribution in [-0.4, -0.2) is 57.8 Å². The second-order valence-corrected chi connectivity index (χ2v) is 6.97. The number of nitrogens with two attached hydrogens (primary N) is 1. The first-order valence-corrected chi connectivity index (χ1v) is 7.93. The van der Waals surface area contributed by atoms with E-state index in [1.54, 1.807) is 0 Å². The summed E-state index contributed by atoms with van der Waals surface area (Å²) >= 11 is 1.45. The fourth-order valence-corrected chi connectivity index (χ4v) is 4.05. The number of rotatable bonds is 4. The molecular formula is C13H22N2O4S. The van der Waals surface area contributed by atoms with Crippen LogP contribution in [0.15, 0.2) is 0 Å². The van der Waals surface area contributed by atoms with Gasteiger partial charge in [-0.15, -0.1) is 11.8 Å². The standard InChI is InChI=1S/C13H22N2O4S/c1-4-19-9-5-13(14,12(9,2)3)11(18)15-7-20-6-8(15)10(16)17/h8-9H,4-7,14H2,1-3H3,(H,16,17)/t8-,9?,13?/m0/s1. The van der Waals surface area contributed by atoms with Gasteiger partial charge in [0.1, 0.15) is 11.6 Å². The van der Waals surface area contributed by atoms with Crippen LogP contribution in [0.4, 0.5) is 0 Å². The van der Waals surface area contributed by atoms with Crippen molar-refractivity contribution in [3.8, 4) is 0 Å². The third-order valence-electron chi connectivity index (χ3n) is 4.64. The maximum absolute atomic E-state index is 12.7. The van der Waals surface area contributed by atoms with E-state index in [2.05, 4.69) is 0 Å². The fourth-order valence-electron chi connectivity index (χ4n) is 2.90. The third-order valence-corrected chi connectivity index (χ3v) is 5.65. The highest BCUT2D eigenvalue weighted by atomic mass is 32.2. The van der Waals surface area contributed by atoms with E-state index in [1.807, 2.05) is 20.8 Å². The molecule has 1 saturated heterocycles. The summed E-state index contributed by atoms with van der Waals surface area (Å²) in [6, 6.07) is -0.769. The molecule has 1 amide bonds. The number of carboxylic acids is 1. The minimum absolute atomic E-state index is 0.0556. The Labute approximate surface area is 123 Å². The molecule has 2 rings (SSSR count). The van der Waals surface area contributed by atoms with Crippen molar-refractivity contribution in [2.24, 2.45) is 11.1 Å². The summed E-state index contributed by atoms with van der Waals surface area (Å²) in [5, 5.41) is 9.18. The molecule has 2 fully saturated rings. The second-order valence-electron chi connectivity index (χ2n) is 5.97. The molecule has 0 aromatic carbocycles. The number of aliphatic carboxylic acids is 1. The molecule has 0 aromatic heterocycles. The molecule has 1 aliphatic heterocycles. The minimum Gasteiger partial charge on any atom is -0.480 e. The predicted octanol–water partition coefficient (Wildman–Crippen LogP) is 0.505. The Bertz CT molecular complexity index is 429. The van der Waals surface area contributed by atoms with E-state index >= 15 is 0 Å². The molecule has 0 bridgehead atoms. The Morgan fingerprint density at radius 1 is 1.50 bits per heavy atom. The van der Waals surface area contributed by atoms with Crippen LogP contribution in [0, 0.1) is 5.41 Å². The lowest BCUT2D eigenvalue weighted by atomic mass is 9.54. The van der Waals surface area contributed by atoms with E-state index in [9.17, 15) is 14.7 Å². The monoisotopic (exact) mass is 302 g/mol. The molecule has 1 saturated carbocycles. The first kappa shape index (κ1) is 15.6. The van der Waals surface area contributed by atoms with Gasteiger partial charge in [0.2, 0.25) is 5.91 Å². The van der Waals surface area contributed by atoms with Gasteiger partial charge in [-0.05, 0) is 6.92 Å². The topological polar surface area (TPSA) is 92.9 Å². The number of amides is 1. The highest BCUT2D eigenvalue weighted by molar-refractivity contribution is 7.99. The van der Waals surface area contributed by atoms with Crippen LogP contribution in [0.3, 0.4) is 0 Å². The smallest absolute Gasteiger partial charge is 0.327 e. The maximum Gasteiger partial charge on any atom is 0.327 e. The molecule has 0 radical (unpaired) electrons. The van der Waals surface area contributed by atoms with E-state index in [0.717, 1.165) is 0 Å². The van der Waals surface area contributed by atoms with Gasteiger partial charge in [-0.25, -0.2) is 4.79 Å². The van der Waals surface area contributed by atoms with Crippen molar-refractivity contribution in [2.75, 3.05) is 18.2 Å². The highest BCUT2D eigenvalue weighted by Crippen LogP contribution is 2.51.